The number of likely N-dealkylation sites (tertiary alicyclic amines) is 1. The van der Waals surface area contributed by atoms with E-state index < -0.39 is 0 Å². The van der Waals surface area contributed by atoms with Gasteiger partial charge < -0.3 is 14.5 Å². The molecule has 0 amide bonds. The zero-order valence-corrected chi connectivity index (χ0v) is 17.9. The summed E-state index contributed by atoms with van der Waals surface area (Å²) in [6.45, 7) is 9.65. The summed E-state index contributed by atoms with van der Waals surface area (Å²) in [5.41, 5.74) is 0.607. The number of nitrogens with zero attached hydrogens (tertiary/aromatic N) is 2. The van der Waals surface area contributed by atoms with Crippen LogP contribution < -0.4 is 15.0 Å². The minimum absolute atomic E-state index is 0.0761. The van der Waals surface area contributed by atoms with E-state index in [1.807, 2.05) is 19.9 Å². The van der Waals surface area contributed by atoms with Gasteiger partial charge in [0.1, 0.15) is 0 Å². The molecular weight excluding hydrogens is 374 g/mol. The van der Waals surface area contributed by atoms with Gasteiger partial charge in [0.2, 0.25) is 0 Å². The molecule has 2 heterocycles. The number of H-pyrrole nitrogens is 1. The quantitative estimate of drug-likeness (QED) is 0.670. The molecule has 3 rings (SSSR count). The predicted octanol–water partition coefficient (Wildman–Crippen LogP) is 4.12. The molecule has 1 atom stereocenters. The zero-order chi connectivity index (χ0) is 20.1. The monoisotopic (exact) mass is 405 g/mol. The van der Waals surface area contributed by atoms with Crippen molar-refractivity contribution in [1.29, 1.82) is 0 Å². The number of piperidine rings is 1. The van der Waals surface area contributed by atoms with Crippen molar-refractivity contribution in [1.82, 2.24) is 14.5 Å². The number of ether oxygens (including phenoxy) is 2. The smallest absolute Gasteiger partial charge is 0.262 e. The van der Waals surface area contributed by atoms with Crippen LogP contribution >= 0.6 is 12.2 Å². The molecule has 0 saturated carbocycles. The Labute approximate surface area is 171 Å². The summed E-state index contributed by atoms with van der Waals surface area (Å²) in [6.07, 6.45) is 4.92. The van der Waals surface area contributed by atoms with Gasteiger partial charge in [-0.1, -0.05) is 13.3 Å². The molecule has 0 spiro atoms. The minimum atomic E-state index is -0.0761. The highest BCUT2D eigenvalue weighted by atomic mass is 32.1. The van der Waals surface area contributed by atoms with Crippen LogP contribution in [0.5, 0.6) is 11.5 Å². The average molecular weight is 406 g/mol. The Morgan fingerprint density at radius 1 is 1.11 bits per heavy atom. The van der Waals surface area contributed by atoms with E-state index in [4.69, 9.17) is 21.7 Å². The van der Waals surface area contributed by atoms with Gasteiger partial charge in [-0.15, -0.1) is 0 Å². The first-order chi connectivity index (χ1) is 13.6. The van der Waals surface area contributed by atoms with Gasteiger partial charge in [-0.3, -0.25) is 14.3 Å². The fourth-order valence-corrected chi connectivity index (χ4v) is 4.33. The molecule has 2 aromatic rings. The first kappa shape index (κ1) is 20.9. The second-order valence-electron chi connectivity index (χ2n) is 7.19. The van der Waals surface area contributed by atoms with Crippen LogP contribution in [0.25, 0.3) is 10.9 Å². The largest absolute Gasteiger partial charge is 0.490 e. The summed E-state index contributed by atoms with van der Waals surface area (Å²) in [4.78, 5) is 18.9. The maximum Gasteiger partial charge on any atom is 0.262 e. The van der Waals surface area contributed by atoms with Gasteiger partial charge in [0.15, 0.2) is 16.3 Å². The molecule has 0 bridgehead atoms. The molecule has 1 aromatic heterocycles. The summed E-state index contributed by atoms with van der Waals surface area (Å²) in [5.74, 6) is 1.21. The number of hydrogen-bond acceptors (Lipinski definition) is 5. The molecule has 0 aliphatic carbocycles. The van der Waals surface area contributed by atoms with Crippen molar-refractivity contribution >= 4 is 23.1 Å². The van der Waals surface area contributed by atoms with Crippen LogP contribution in [-0.4, -0.2) is 46.8 Å². The summed E-state index contributed by atoms with van der Waals surface area (Å²) < 4.78 is 13.5. The average Bonchev–Trinajstić information content (AvgIpc) is 2.69. The van der Waals surface area contributed by atoms with Crippen molar-refractivity contribution in [2.24, 2.45) is 0 Å². The molecule has 1 N–H and O–H groups in total. The van der Waals surface area contributed by atoms with Crippen molar-refractivity contribution in [2.45, 2.75) is 59.0 Å². The van der Waals surface area contributed by atoms with Crippen LogP contribution in [0.3, 0.4) is 0 Å². The number of aromatic amines is 1. The SMILES string of the molecule is CCOc1cc2[nH]c(=S)n(CCN3CCCC[C@H]3CC)c(=O)c2cc1OCC. The Hall–Kier alpha value is -1.86. The number of rotatable bonds is 8. The van der Waals surface area contributed by atoms with E-state index in [-0.39, 0.29) is 5.56 Å². The standard InChI is InChI=1S/C21H31N3O3S/c1-4-15-9-7-8-10-23(15)11-12-24-20(25)16-13-18(26-5-2)19(27-6-3)14-17(16)22-21(24)28/h13-15H,4-12H2,1-3H3,(H,22,28)/t15-/m1/s1. The van der Waals surface area contributed by atoms with Crippen molar-refractivity contribution in [3.63, 3.8) is 0 Å². The number of aromatic nitrogens is 2. The number of fused-ring (bicyclic) bond motifs is 1. The summed E-state index contributed by atoms with van der Waals surface area (Å²) in [7, 11) is 0. The van der Waals surface area contributed by atoms with Crippen molar-refractivity contribution in [3.8, 4) is 11.5 Å². The fraction of sp³-hybridized carbons (Fsp3) is 0.619. The van der Waals surface area contributed by atoms with E-state index in [1.165, 1.54) is 19.3 Å². The lowest BCUT2D eigenvalue weighted by atomic mass is 10.0. The van der Waals surface area contributed by atoms with E-state index in [0.717, 1.165) is 19.5 Å². The molecule has 7 heteroatoms. The molecule has 28 heavy (non-hydrogen) atoms. The van der Waals surface area contributed by atoms with Crippen molar-refractivity contribution in [2.75, 3.05) is 26.3 Å². The third-order valence-corrected chi connectivity index (χ3v) is 5.80. The highest BCUT2D eigenvalue weighted by Gasteiger charge is 2.21. The van der Waals surface area contributed by atoms with Crippen LogP contribution in [0.1, 0.15) is 46.5 Å². The van der Waals surface area contributed by atoms with Crippen molar-refractivity contribution < 1.29 is 9.47 Å². The van der Waals surface area contributed by atoms with Gasteiger partial charge in [-0.05, 0) is 57.9 Å². The lowest BCUT2D eigenvalue weighted by Gasteiger charge is -2.35. The second kappa shape index (κ2) is 9.56. The van der Waals surface area contributed by atoms with Crippen LogP contribution in [-0.2, 0) is 6.54 Å². The summed E-state index contributed by atoms with van der Waals surface area (Å²) in [6, 6.07) is 4.19. The third-order valence-electron chi connectivity index (χ3n) is 5.48. The van der Waals surface area contributed by atoms with Crippen LogP contribution in [0, 0.1) is 4.77 Å². The van der Waals surface area contributed by atoms with Crippen LogP contribution in [0.15, 0.2) is 16.9 Å². The highest BCUT2D eigenvalue weighted by molar-refractivity contribution is 7.71. The number of hydrogen-bond donors (Lipinski definition) is 1. The normalized spacial score (nSPS) is 17.8. The second-order valence-corrected chi connectivity index (χ2v) is 7.58. The molecule has 154 valence electrons. The fourth-order valence-electron chi connectivity index (χ4n) is 4.05. The van der Waals surface area contributed by atoms with Gasteiger partial charge in [-0.25, -0.2) is 0 Å². The molecule has 1 aromatic carbocycles. The van der Waals surface area contributed by atoms with E-state index in [1.54, 1.807) is 10.6 Å². The molecular formula is C21H31N3O3S. The maximum absolute atomic E-state index is 13.2. The van der Waals surface area contributed by atoms with Crippen LogP contribution in [0.4, 0.5) is 0 Å². The lowest BCUT2D eigenvalue weighted by molar-refractivity contribution is 0.138. The Kier molecular flexibility index (Phi) is 7.13. The number of nitrogens with one attached hydrogen (secondary N) is 1. The molecule has 1 aliphatic rings. The van der Waals surface area contributed by atoms with Crippen LogP contribution in [0.2, 0.25) is 0 Å². The molecule has 0 unspecified atom stereocenters. The Balaban J connectivity index is 1.93. The molecule has 0 radical (unpaired) electrons. The van der Waals surface area contributed by atoms with E-state index >= 15 is 0 Å². The van der Waals surface area contributed by atoms with E-state index in [2.05, 4.69) is 16.8 Å². The summed E-state index contributed by atoms with van der Waals surface area (Å²) in [5, 5.41) is 0.575. The molecule has 1 aliphatic heterocycles. The maximum atomic E-state index is 13.2. The first-order valence-corrected chi connectivity index (χ1v) is 10.8. The van der Waals surface area contributed by atoms with E-state index in [9.17, 15) is 4.79 Å². The Bertz CT molecular complexity index is 921. The van der Waals surface area contributed by atoms with Gasteiger partial charge >= 0.3 is 0 Å². The predicted molar refractivity (Wildman–Crippen MR) is 115 cm³/mol. The molecule has 6 nitrogen and oxygen atoms in total. The lowest BCUT2D eigenvalue weighted by Crippen LogP contribution is -2.42. The van der Waals surface area contributed by atoms with Gasteiger partial charge in [-0.2, -0.15) is 0 Å². The summed E-state index contributed by atoms with van der Waals surface area (Å²) >= 11 is 5.50. The molecule has 1 fully saturated rings. The number of benzene rings is 1. The highest BCUT2D eigenvalue weighted by Crippen LogP contribution is 2.31. The third kappa shape index (κ3) is 4.41. The minimum Gasteiger partial charge on any atom is -0.490 e. The van der Waals surface area contributed by atoms with E-state index in [0.29, 0.717) is 53.0 Å². The van der Waals surface area contributed by atoms with Crippen molar-refractivity contribution in [3.05, 3.63) is 27.3 Å². The molecule has 1 saturated heterocycles. The topological polar surface area (TPSA) is 59.5 Å². The zero-order valence-electron chi connectivity index (χ0n) is 17.1. The first-order valence-electron chi connectivity index (χ1n) is 10.4. The Morgan fingerprint density at radius 3 is 2.50 bits per heavy atom. The Morgan fingerprint density at radius 2 is 1.82 bits per heavy atom. The van der Waals surface area contributed by atoms with Gasteiger partial charge in [0.25, 0.3) is 5.56 Å². The van der Waals surface area contributed by atoms with Gasteiger partial charge in [0.05, 0.1) is 24.1 Å². The van der Waals surface area contributed by atoms with Gasteiger partial charge in [0, 0.05) is 25.2 Å².